The number of halogens is 3. The topological polar surface area (TPSA) is 69.0 Å². The molecule has 1 aliphatic rings. The third kappa shape index (κ3) is 4.33. The second kappa shape index (κ2) is 7.96. The molecule has 1 aliphatic heterocycles. The maximum Gasteiger partial charge on any atom is 0.416 e. The Labute approximate surface area is 168 Å². The van der Waals surface area contributed by atoms with Gasteiger partial charge in [-0.15, -0.1) is 16.4 Å². The van der Waals surface area contributed by atoms with Crippen LogP contribution in [0.25, 0.3) is 16.4 Å². The van der Waals surface area contributed by atoms with E-state index in [0.29, 0.717) is 30.5 Å². The van der Waals surface area contributed by atoms with Gasteiger partial charge in [0.05, 0.1) is 22.7 Å². The number of thiophene rings is 1. The van der Waals surface area contributed by atoms with Crippen molar-refractivity contribution in [3.8, 4) is 16.4 Å². The van der Waals surface area contributed by atoms with Crippen molar-refractivity contribution >= 4 is 17.2 Å². The van der Waals surface area contributed by atoms with Crippen LogP contribution >= 0.6 is 11.3 Å². The highest BCUT2D eigenvalue weighted by Crippen LogP contribution is 2.32. The minimum Gasteiger partial charge on any atom is -0.381 e. The van der Waals surface area contributed by atoms with Gasteiger partial charge in [0.1, 0.15) is 0 Å². The highest BCUT2D eigenvalue weighted by molar-refractivity contribution is 7.13. The van der Waals surface area contributed by atoms with E-state index >= 15 is 0 Å². The van der Waals surface area contributed by atoms with E-state index in [4.69, 9.17) is 4.74 Å². The van der Waals surface area contributed by atoms with Gasteiger partial charge >= 0.3 is 6.18 Å². The fraction of sp³-hybridized carbons (Fsp3) is 0.316. The predicted molar refractivity (Wildman–Crippen MR) is 101 cm³/mol. The predicted octanol–water partition coefficient (Wildman–Crippen LogP) is 3.78. The van der Waals surface area contributed by atoms with Gasteiger partial charge in [-0.25, -0.2) is 9.67 Å². The summed E-state index contributed by atoms with van der Waals surface area (Å²) >= 11 is 1.36. The van der Waals surface area contributed by atoms with Crippen LogP contribution < -0.4 is 5.32 Å². The molecule has 0 saturated carbocycles. The van der Waals surface area contributed by atoms with Crippen LogP contribution in [0.4, 0.5) is 13.2 Å². The van der Waals surface area contributed by atoms with Crippen molar-refractivity contribution in [1.82, 2.24) is 20.1 Å². The molecule has 29 heavy (non-hydrogen) atoms. The number of carbonyl (C=O) groups excluding carboxylic acids is 1. The molecule has 10 heteroatoms. The Balaban J connectivity index is 1.67. The summed E-state index contributed by atoms with van der Waals surface area (Å²) in [5.74, 6) is -0.0138. The number of rotatable bonds is 5. The van der Waals surface area contributed by atoms with E-state index in [-0.39, 0.29) is 17.4 Å². The smallest absolute Gasteiger partial charge is 0.381 e. The Morgan fingerprint density at radius 2 is 2.17 bits per heavy atom. The molecule has 1 atom stereocenters. The quantitative estimate of drug-likeness (QED) is 0.680. The summed E-state index contributed by atoms with van der Waals surface area (Å²) in [6, 6.07) is 8.35. The number of amides is 1. The molecule has 1 saturated heterocycles. The second-order valence-electron chi connectivity index (χ2n) is 6.64. The summed E-state index contributed by atoms with van der Waals surface area (Å²) in [5, 5.41) is 8.81. The van der Waals surface area contributed by atoms with Gasteiger partial charge in [-0.05, 0) is 36.1 Å². The standard InChI is InChI=1S/C19H17F3N4O2S/c20-19(21,22)13-3-1-4-14(9-13)26-17(15-5-2-8-29-15)24-16(25-26)18(27)23-10-12-6-7-28-11-12/h1-5,8-9,12H,6-7,10-11H2,(H,23,27). The lowest BCUT2D eigenvalue weighted by Gasteiger charge is -2.09. The summed E-state index contributed by atoms with van der Waals surface area (Å²) in [6.07, 6.45) is -3.62. The van der Waals surface area contributed by atoms with Crippen LogP contribution in [0.3, 0.4) is 0 Å². The van der Waals surface area contributed by atoms with Crippen LogP contribution in [-0.2, 0) is 10.9 Å². The van der Waals surface area contributed by atoms with Crippen molar-refractivity contribution in [2.24, 2.45) is 5.92 Å². The Hall–Kier alpha value is -2.72. The van der Waals surface area contributed by atoms with Gasteiger partial charge < -0.3 is 10.1 Å². The maximum atomic E-state index is 13.1. The van der Waals surface area contributed by atoms with E-state index in [0.717, 1.165) is 18.6 Å². The molecule has 1 unspecified atom stereocenters. The van der Waals surface area contributed by atoms with E-state index in [1.807, 2.05) is 5.38 Å². The highest BCUT2D eigenvalue weighted by atomic mass is 32.1. The summed E-state index contributed by atoms with van der Waals surface area (Å²) < 4.78 is 45.9. The number of alkyl halides is 3. The molecule has 4 rings (SSSR count). The number of benzene rings is 1. The van der Waals surface area contributed by atoms with Gasteiger partial charge in [0.2, 0.25) is 5.82 Å². The minimum atomic E-state index is -4.48. The fourth-order valence-electron chi connectivity index (χ4n) is 3.03. The maximum absolute atomic E-state index is 13.1. The largest absolute Gasteiger partial charge is 0.416 e. The fourth-order valence-corrected chi connectivity index (χ4v) is 3.73. The van der Waals surface area contributed by atoms with Crippen molar-refractivity contribution in [3.63, 3.8) is 0 Å². The van der Waals surface area contributed by atoms with E-state index in [1.54, 1.807) is 12.1 Å². The third-order valence-corrected chi connectivity index (χ3v) is 5.41. The van der Waals surface area contributed by atoms with Crippen molar-refractivity contribution in [2.75, 3.05) is 19.8 Å². The number of hydrogen-bond donors (Lipinski definition) is 1. The van der Waals surface area contributed by atoms with E-state index in [1.165, 1.54) is 28.2 Å². The van der Waals surface area contributed by atoms with Crippen LogP contribution in [-0.4, -0.2) is 40.4 Å². The molecule has 2 aromatic heterocycles. The number of carbonyl (C=O) groups is 1. The Bertz CT molecular complexity index is 995. The number of nitrogens with one attached hydrogen (secondary N) is 1. The zero-order valence-corrected chi connectivity index (χ0v) is 16.0. The van der Waals surface area contributed by atoms with Gasteiger partial charge in [-0.1, -0.05) is 12.1 Å². The van der Waals surface area contributed by atoms with E-state index < -0.39 is 17.6 Å². The van der Waals surface area contributed by atoms with Crippen LogP contribution in [0, 0.1) is 5.92 Å². The lowest BCUT2D eigenvalue weighted by Crippen LogP contribution is -2.30. The molecule has 1 amide bonds. The molecule has 0 aliphatic carbocycles. The molecule has 1 aromatic carbocycles. The molecule has 3 aromatic rings. The number of nitrogens with zero attached hydrogens (tertiary/aromatic N) is 3. The highest BCUT2D eigenvalue weighted by Gasteiger charge is 2.31. The van der Waals surface area contributed by atoms with Gasteiger partial charge in [-0.3, -0.25) is 4.79 Å². The van der Waals surface area contributed by atoms with Crippen molar-refractivity contribution < 1.29 is 22.7 Å². The average Bonchev–Trinajstić information content (AvgIpc) is 3.46. The van der Waals surface area contributed by atoms with E-state index in [9.17, 15) is 18.0 Å². The molecule has 152 valence electrons. The molecular formula is C19H17F3N4O2S. The monoisotopic (exact) mass is 422 g/mol. The van der Waals surface area contributed by atoms with Gasteiger partial charge in [-0.2, -0.15) is 13.2 Å². The Morgan fingerprint density at radius 3 is 2.86 bits per heavy atom. The van der Waals surface area contributed by atoms with Gasteiger partial charge in [0, 0.05) is 19.1 Å². The first-order valence-corrected chi connectivity index (χ1v) is 9.84. The zero-order valence-electron chi connectivity index (χ0n) is 15.1. The molecule has 0 radical (unpaired) electrons. The lowest BCUT2D eigenvalue weighted by atomic mass is 10.1. The van der Waals surface area contributed by atoms with Crippen LogP contribution in [0.15, 0.2) is 41.8 Å². The van der Waals surface area contributed by atoms with Gasteiger partial charge in [0.25, 0.3) is 5.91 Å². The van der Waals surface area contributed by atoms with E-state index in [2.05, 4.69) is 15.4 Å². The normalized spacial score (nSPS) is 16.9. The van der Waals surface area contributed by atoms with Crippen molar-refractivity contribution in [1.29, 1.82) is 0 Å². The molecule has 0 spiro atoms. The van der Waals surface area contributed by atoms with Gasteiger partial charge in [0.15, 0.2) is 5.82 Å². The molecule has 1 N–H and O–H groups in total. The van der Waals surface area contributed by atoms with Crippen LogP contribution in [0.2, 0.25) is 0 Å². The molecular weight excluding hydrogens is 405 g/mol. The average molecular weight is 422 g/mol. The van der Waals surface area contributed by atoms with Crippen molar-refractivity contribution in [3.05, 3.63) is 53.2 Å². The SMILES string of the molecule is O=C(NCC1CCOC1)c1nc(-c2cccs2)n(-c2cccc(C(F)(F)F)c2)n1. The molecule has 1 fully saturated rings. The van der Waals surface area contributed by atoms with Crippen LogP contribution in [0.1, 0.15) is 22.6 Å². The minimum absolute atomic E-state index is 0.0928. The lowest BCUT2D eigenvalue weighted by molar-refractivity contribution is -0.137. The first-order chi connectivity index (χ1) is 13.9. The van der Waals surface area contributed by atoms with Crippen LogP contribution in [0.5, 0.6) is 0 Å². The number of hydrogen-bond acceptors (Lipinski definition) is 5. The summed E-state index contributed by atoms with van der Waals surface area (Å²) in [4.78, 5) is 17.5. The Morgan fingerprint density at radius 1 is 1.31 bits per heavy atom. The zero-order chi connectivity index (χ0) is 20.4. The first-order valence-electron chi connectivity index (χ1n) is 8.96. The molecule has 6 nitrogen and oxygen atoms in total. The summed E-state index contributed by atoms with van der Waals surface area (Å²) in [5.41, 5.74) is -0.617. The summed E-state index contributed by atoms with van der Waals surface area (Å²) in [6.45, 7) is 1.70. The third-order valence-electron chi connectivity index (χ3n) is 4.55. The number of aromatic nitrogens is 3. The first kappa shape index (κ1) is 19.6. The number of ether oxygens (including phenoxy) is 1. The molecule has 3 heterocycles. The summed E-state index contributed by atoms with van der Waals surface area (Å²) in [7, 11) is 0. The second-order valence-corrected chi connectivity index (χ2v) is 7.58. The molecule has 0 bridgehead atoms. The van der Waals surface area contributed by atoms with Crippen molar-refractivity contribution in [2.45, 2.75) is 12.6 Å². The Kier molecular flexibility index (Phi) is 5.37.